The Hall–Kier alpha value is -1.99. The van der Waals surface area contributed by atoms with Crippen LogP contribution in [0.3, 0.4) is 0 Å². The first-order valence-electron chi connectivity index (χ1n) is 7.35. The van der Waals surface area contributed by atoms with Gasteiger partial charge in [0.25, 0.3) is 0 Å². The van der Waals surface area contributed by atoms with Crippen molar-refractivity contribution in [3.8, 4) is 10.7 Å². The average molecular weight is 318 g/mol. The van der Waals surface area contributed by atoms with E-state index in [0.717, 1.165) is 36.4 Å². The minimum Gasteiger partial charge on any atom is -0.391 e. The van der Waals surface area contributed by atoms with Gasteiger partial charge in [0, 0.05) is 11.6 Å². The van der Waals surface area contributed by atoms with Gasteiger partial charge in [-0.05, 0) is 25.0 Å². The summed E-state index contributed by atoms with van der Waals surface area (Å²) in [5, 5.41) is 17.9. The highest BCUT2D eigenvalue weighted by Crippen LogP contribution is 2.24. The number of carbonyl (C=O) groups is 1. The summed E-state index contributed by atoms with van der Waals surface area (Å²) >= 11 is 1.43. The molecule has 6 nitrogen and oxygen atoms in total. The molecule has 0 aromatic carbocycles. The van der Waals surface area contributed by atoms with Crippen LogP contribution in [0.1, 0.15) is 25.7 Å². The van der Waals surface area contributed by atoms with Gasteiger partial charge in [-0.25, -0.2) is 9.78 Å². The van der Waals surface area contributed by atoms with E-state index in [9.17, 15) is 9.90 Å². The molecule has 1 aliphatic rings. The number of hydrogen-bond donors (Lipinski definition) is 3. The summed E-state index contributed by atoms with van der Waals surface area (Å²) in [5.41, 5.74) is 0.781. The number of thiazole rings is 1. The number of hydrogen-bond acceptors (Lipinski definition) is 5. The fourth-order valence-electron chi connectivity index (χ4n) is 2.54. The second-order valence-corrected chi connectivity index (χ2v) is 6.17. The molecule has 0 radical (unpaired) electrons. The summed E-state index contributed by atoms with van der Waals surface area (Å²) in [4.78, 5) is 20.6. The van der Waals surface area contributed by atoms with Crippen molar-refractivity contribution in [2.45, 2.75) is 37.8 Å². The lowest BCUT2D eigenvalue weighted by Gasteiger charge is -2.28. The average Bonchev–Trinajstić information content (AvgIpc) is 2.99. The number of pyridine rings is 1. The summed E-state index contributed by atoms with van der Waals surface area (Å²) in [6.45, 7) is 0. The van der Waals surface area contributed by atoms with Crippen LogP contribution in [0.2, 0.25) is 0 Å². The molecule has 0 saturated heterocycles. The van der Waals surface area contributed by atoms with E-state index in [2.05, 4.69) is 20.6 Å². The van der Waals surface area contributed by atoms with Crippen LogP contribution in [0.4, 0.5) is 10.6 Å². The zero-order chi connectivity index (χ0) is 15.4. The molecule has 0 spiro atoms. The Morgan fingerprint density at radius 1 is 1.32 bits per heavy atom. The van der Waals surface area contributed by atoms with E-state index in [-0.39, 0.29) is 12.1 Å². The number of aliphatic hydroxyl groups excluding tert-OH is 1. The minimum atomic E-state index is -0.459. The molecule has 2 heterocycles. The van der Waals surface area contributed by atoms with Crippen molar-refractivity contribution in [2.24, 2.45) is 0 Å². The van der Waals surface area contributed by atoms with Gasteiger partial charge in [-0.1, -0.05) is 18.9 Å². The monoisotopic (exact) mass is 318 g/mol. The molecule has 2 amide bonds. The van der Waals surface area contributed by atoms with Gasteiger partial charge in [-0.3, -0.25) is 10.3 Å². The van der Waals surface area contributed by atoms with E-state index < -0.39 is 6.10 Å². The van der Waals surface area contributed by atoms with Crippen molar-refractivity contribution in [1.82, 2.24) is 15.3 Å². The first-order chi connectivity index (χ1) is 10.7. The lowest BCUT2D eigenvalue weighted by molar-refractivity contribution is 0.0955. The van der Waals surface area contributed by atoms with Crippen LogP contribution >= 0.6 is 11.3 Å². The maximum Gasteiger partial charge on any atom is 0.320 e. The number of urea groups is 1. The van der Waals surface area contributed by atoms with Gasteiger partial charge in [0.1, 0.15) is 10.8 Å². The summed E-state index contributed by atoms with van der Waals surface area (Å²) in [6, 6.07) is 5.11. The number of anilines is 1. The van der Waals surface area contributed by atoms with E-state index in [1.165, 1.54) is 11.3 Å². The molecule has 0 aliphatic heterocycles. The van der Waals surface area contributed by atoms with E-state index in [1.54, 1.807) is 11.6 Å². The zero-order valence-corrected chi connectivity index (χ0v) is 12.8. The molecule has 0 unspecified atom stereocenters. The Kier molecular flexibility index (Phi) is 4.65. The zero-order valence-electron chi connectivity index (χ0n) is 12.0. The third-order valence-electron chi connectivity index (χ3n) is 3.68. The Morgan fingerprint density at radius 3 is 2.95 bits per heavy atom. The number of nitrogens with one attached hydrogen (secondary N) is 2. The highest BCUT2D eigenvalue weighted by Gasteiger charge is 2.24. The normalized spacial score (nSPS) is 21.3. The molecule has 1 saturated carbocycles. The number of carbonyl (C=O) groups excluding carboxylic acids is 1. The summed E-state index contributed by atoms with van der Waals surface area (Å²) in [5.74, 6) is 0.494. The number of nitrogens with zero attached hydrogens (tertiary/aromatic N) is 2. The van der Waals surface area contributed by atoms with Crippen LogP contribution in [0.15, 0.2) is 29.8 Å². The molecule has 3 rings (SSSR count). The molecular formula is C15H18N4O2S. The SMILES string of the molecule is O=C(Nc1csc(-c2ccccn2)n1)N[C@H]1CCCC[C@@H]1O. The molecule has 3 N–H and O–H groups in total. The standard InChI is InChI=1S/C15H18N4O2S/c20-12-7-2-1-5-10(12)17-15(21)19-13-9-22-14(18-13)11-6-3-4-8-16-11/h3-4,6,8-10,12,20H,1-2,5,7H2,(H2,17,19,21)/t10-,12-/m0/s1. The molecule has 2 aromatic rings. The first-order valence-corrected chi connectivity index (χ1v) is 8.23. The number of amides is 2. The number of aromatic nitrogens is 2. The van der Waals surface area contributed by atoms with Gasteiger partial charge >= 0.3 is 6.03 Å². The van der Waals surface area contributed by atoms with E-state index in [0.29, 0.717) is 5.82 Å². The predicted octanol–water partition coefficient (Wildman–Crippen LogP) is 2.63. The van der Waals surface area contributed by atoms with E-state index in [4.69, 9.17) is 0 Å². The maximum atomic E-state index is 12.0. The molecule has 2 aromatic heterocycles. The molecule has 2 atom stereocenters. The Labute approximate surface area is 132 Å². The predicted molar refractivity (Wildman–Crippen MR) is 85.8 cm³/mol. The third kappa shape index (κ3) is 3.61. The van der Waals surface area contributed by atoms with E-state index >= 15 is 0 Å². The highest BCUT2D eigenvalue weighted by molar-refractivity contribution is 7.13. The second kappa shape index (κ2) is 6.85. The second-order valence-electron chi connectivity index (χ2n) is 5.31. The van der Waals surface area contributed by atoms with Crippen LogP contribution < -0.4 is 10.6 Å². The third-order valence-corrected chi connectivity index (χ3v) is 4.54. The minimum absolute atomic E-state index is 0.178. The number of rotatable bonds is 3. The van der Waals surface area contributed by atoms with Gasteiger partial charge in [-0.2, -0.15) is 0 Å². The largest absolute Gasteiger partial charge is 0.391 e. The first kappa shape index (κ1) is 14.9. The molecule has 0 bridgehead atoms. The number of aliphatic hydroxyl groups is 1. The quantitative estimate of drug-likeness (QED) is 0.812. The van der Waals surface area contributed by atoms with Crippen molar-refractivity contribution in [1.29, 1.82) is 0 Å². The smallest absolute Gasteiger partial charge is 0.320 e. The summed E-state index contributed by atoms with van der Waals surface area (Å²) in [6.07, 6.45) is 4.85. The topological polar surface area (TPSA) is 87.1 Å². The van der Waals surface area contributed by atoms with Gasteiger partial charge in [0.2, 0.25) is 0 Å². The fourth-order valence-corrected chi connectivity index (χ4v) is 3.27. The van der Waals surface area contributed by atoms with Crippen LogP contribution in [-0.2, 0) is 0 Å². The van der Waals surface area contributed by atoms with Gasteiger partial charge in [-0.15, -0.1) is 11.3 Å². The van der Waals surface area contributed by atoms with Crippen LogP contribution in [0, 0.1) is 0 Å². The van der Waals surface area contributed by atoms with E-state index in [1.807, 2.05) is 18.2 Å². The maximum absolute atomic E-state index is 12.0. The molecule has 1 fully saturated rings. The lowest BCUT2D eigenvalue weighted by atomic mass is 9.93. The molecule has 1 aliphatic carbocycles. The Balaban J connectivity index is 1.59. The lowest BCUT2D eigenvalue weighted by Crippen LogP contribution is -2.46. The van der Waals surface area contributed by atoms with Gasteiger partial charge in [0.05, 0.1) is 17.8 Å². The Morgan fingerprint density at radius 2 is 2.18 bits per heavy atom. The molecule has 7 heteroatoms. The van der Waals surface area contributed by atoms with Crippen molar-refractivity contribution < 1.29 is 9.90 Å². The highest BCUT2D eigenvalue weighted by atomic mass is 32.1. The molecule has 116 valence electrons. The van der Waals surface area contributed by atoms with Crippen LogP contribution in [0.25, 0.3) is 10.7 Å². The summed E-state index contributed by atoms with van der Waals surface area (Å²) in [7, 11) is 0. The van der Waals surface area contributed by atoms with Crippen LogP contribution in [0.5, 0.6) is 0 Å². The molecule has 22 heavy (non-hydrogen) atoms. The van der Waals surface area contributed by atoms with Crippen molar-refractivity contribution in [2.75, 3.05) is 5.32 Å². The van der Waals surface area contributed by atoms with Gasteiger partial charge in [0.15, 0.2) is 0 Å². The van der Waals surface area contributed by atoms with Crippen molar-refractivity contribution >= 4 is 23.2 Å². The molecular weight excluding hydrogens is 300 g/mol. The van der Waals surface area contributed by atoms with Gasteiger partial charge < -0.3 is 10.4 Å². The summed E-state index contributed by atoms with van der Waals surface area (Å²) < 4.78 is 0. The fraction of sp³-hybridized carbons (Fsp3) is 0.400. The Bertz CT molecular complexity index is 631. The van der Waals surface area contributed by atoms with Crippen LogP contribution in [-0.4, -0.2) is 33.3 Å². The van der Waals surface area contributed by atoms with Crippen molar-refractivity contribution in [3.05, 3.63) is 29.8 Å². The van der Waals surface area contributed by atoms with Crippen molar-refractivity contribution in [3.63, 3.8) is 0 Å².